The molecule has 1 aromatic carbocycles. The Kier molecular flexibility index (Phi) is 4.18. The molecule has 0 aromatic heterocycles. The first-order valence-corrected chi connectivity index (χ1v) is 8.26. The number of sulfonamides is 1. The topological polar surface area (TPSA) is 58.2 Å². The molecule has 112 valence electrons. The van der Waals surface area contributed by atoms with Crippen molar-refractivity contribution in [1.29, 1.82) is 0 Å². The van der Waals surface area contributed by atoms with Crippen molar-refractivity contribution in [3.05, 3.63) is 29.6 Å². The molecule has 0 amide bonds. The molecule has 6 heteroatoms. The summed E-state index contributed by atoms with van der Waals surface area (Å²) in [5, 5.41) is 3.09. The summed E-state index contributed by atoms with van der Waals surface area (Å²) < 4.78 is 40.8. The Morgan fingerprint density at radius 2 is 2.00 bits per heavy atom. The Morgan fingerprint density at radius 1 is 1.35 bits per heavy atom. The highest BCUT2D eigenvalue weighted by Crippen LogP contribution is 2.36. The first-order valence-electron chi connectivity index (χ1n) is 6.78. The van der Waals surface area contributed by atoms with Crippen molar-refractivity contribution in [2.75, 3.05) is 0 Å². The van der Waals surface area contributed by atoms with Crippen LogP contribution in [-0.4, -0.2) is 20.0 Å². The molecule has 1 aliphatic rings. The molecule has 0 unspecified atom stereocenters. The normalized spacial score (nSPS) is 17.4. The van der Waals surface area contributed by atoms with Gasteiger partial charge in [0.15, 0.2) is 0 Å². The third kappa shape index (κ3) is 3.77. The number of hydrogen-bond donors (Lipinski definition) is 2. The molecule has 0 heterocycles. The molecule has 0 atom stereocenters. The van der Waals surface area contributed by atoms with Crippen LogP contribution in [0.2, 0.25) is 0 Å². The van der Waals surface area contributed by atoms with Gasteiger partial charge in [0.2, 0.25) is 10.0 Å². The third-order valence-electron chi connectivity index (χ3n) is 3.41. The standard InChI is InChI=1S/C14H21FN2O2S/c1-10(2)16-9-11-8-12(4-5-13(11)15)20(18,19)17-14(3)6-7-14/h4-5,8,10,16-17H,6-7,9H2,1-3H3. The highest BCUT2D eigenvalue weighted by Gasteiger charge is 2.41. The average Bonchev–Trinajstić information content (AvgIpc) is 3.04. The Labute approximate surface area is 119 Å². The molecule has 0 aliphatic heterocycles. The molecule has 20 heavy (non-hydrogen) atoms. The van der Waals surface area contributed by atoms with Gasteiger partial charge in [-0.25, -0.2) is 17.5 Å². The fourth-order valence-electron chi connectivity index (χ4n) is 1.84. The maximum Gasteiger partial charge on any atom is 0.241 e. The van der Waals surface area contributed by atoms with Crippen molar-refractivity contribution in [2.24, 2.45) is 0 Å². The lowest BCUT2D eigenvalue weighted by Gasteiger charge is -2.14. The fraction of sp³-hybridized carbons (Fsp3) is 0.571. The summed E-state index contributed by atoms with van der Waals surface area (Å²) in [5.74, 6) is -0.394. The van der Waals surface area contributed by atoms with Crippen molar-refractivity contribution in [2.45, 2.75) is 56.6 Å². The van der Waals surface area contributed by atoms with E-state index in [0.717, 1.165) is 12.8 Å². The van der Waals surface area contributed by atoms with Crippen LogP contribution in [-0.2, 0) is 16.6 Å². The molecular weight excluding hydrogens is 279 g/mol. The van der Waals surface area contributed by atoms with E-state index in [1.165, 1.54) is 18.2 Å². The van der Waals surface area contributed by atoms with E-state index in [1.54, 1.807) is 0 Å². The third-order valence-corrected chi connectivity index (χ3v) is 5.05. The number of rotatable bonds is 6. The van der Waals surface area contributed by atoms with E-state index in [1.807, 2.05) is 20.8 Å². The van der Waals surface area contributed by atoms with E-state index in [9.17, 15) is 12.8 Å². The zero-order valence-corrected chi connectivity index (χ0v) is 12.8. The first-order chi connectivity index (χ1) is 9.22. The lowest BCUT2D eigenvalue weighted by atomic mass is 10.2. The molecule has 0 bridgehead atoms. The molecule has 4 nitrogen and oxygen atoms in total. The zero-order valence-electron chi connectivity index (χ0n) is 12.0. The second-order valence-electron chi connectivity index (χ2n) is 5.95. The van der Waals surface area contributed by atoms with E-state index >= 15 is 0 Å². The predicted octanol–water partition coefficient (Wildman–Crippen LogP) is 2.15. The molecule has 1 saturated carbocycles. The first kappa shape index (κ1) is 15.4. The van der Waals surface area contributed by atoms with Crippen molar-refractivity contribution < 1.29 is 12.8 Å². The molecule has 2 rings (SSSR count). The van der Waals surface area contributed by atoms with Gasteiger partial charge in [-0.1, -0.05) is 13.8 Å². The monoisotopic (exact) mass is 300 g/mol. The number of benzene rings is 1. The zero-order chi connectivity index (χ0) is 15.0. The molecule has 0 saturated heterocycles. The number of nitrogens with one attached hydrogen (secondary N) is 2. The Hall–Kier alpha value is -0.980. The summed E-state index contributed by atoms with van der Waals surface area (Å²) in [7, 11) is -3.58. The molecule has 1 aromatic rings. The van der Waals surface area contributed by atoms with Gasteiger partial charge in [-0.15, -0.1) is 0 Å². The van der Waals surface area contributed by atoms with E-state index in [2.05, 4.69) is 10.0 Å². The van der Waals surface area contributed by atoms with Crippen molar-refractivity contribution in [1.82, 2.24) is 10.0 Å². The Bertz CT molecular complexity index is 595. The summed E-state index contributed by atoms with van der Waals surface area (Å²) in [6.45, 7) is 6.08. The highest BCUT2D eigenvalue weighted by molar-refractivity contribution is 7.89. The smallest absolute Gasteiger partial charge is 0.241 e. The maximum absolute atomic E-state index is 13.7. The predicted molar refractivity (Wildman–Crippen MR) is 76.3 cm³/mol. The van der Waals surface area contributed by atoms with Crippen LogP contribution in [0.25, 0.3) is 0 Å². The van der Waals surface area contributed by atoms with Crippen LogP contribution in [0.1, 0.15) is 39.2 Å². The van der Waals surface area contributed by atoms with Gasteiger partial charge < -0.3 is 5.32 Å². The van der Waals surface area contributed by atoms with Gasteiger partial charge in [0.25, 0.3) is 0 Å². The van der Waals surface area contributed by atoms with Gasteiger partial charge in [-0.2, -0.15) is 0 Å². The van der Waals surface area contributed by atoms with Crippen molar-refractivity contribution in [3.63, 3.8) is 0 Å². The van der Waals surface area contributed by atoms with E-state index < -0.39 is 15.8 Å². The van der Waals surface area contributed by atoms with Crippen LogP contribution in [0.15, 0.2) is 23.1 Å². The number of halogens is 1. The number of hydrogen-bond acceptors (Lipinski definition) is 3. The lowest BCUT2D eigenvalue weighted by Crippen LogP contribution is -2.34. The van der Waals surface area contributed by atoms with Crippen molar-refractivity contribution >= 4 is 10.0 Å². The van der Waals surface area contributed by atoms with Gasteiger partial charge in [-0.3, -0.25) is 0 Å². The Balaban J connectivity index is 2.21. The van der Waals surface area contributed by atoms with Gasteiger partial charge >= 0.3 is 0 Å². The summed E-state index contributed by atoms with van der Waals surface area (Å²) in [4.78, 5) is 0.118. The maximum atomic E-state index is 13.7. The largest absolute Gasteiger partial charge is 0.310 e. The molecule has 1 fully saturated rings. The molecule has 0 radical (unpaired) electrons. The molecular formula is C14H21FN2O2S. The van der Waals surface area contributed by atoms with Gasteiger partial charge in [0.05, 0.1) is 4.90 Å². The van der Waals surface area contributed by atoms with Gasteiger partial charge in [0.1, 0.15) is 5.82 Å². The van der Waals surface area contributed by atoms with E-state index in [0.29, 0.717) is 12.1 Å². The molecule has 2 N–H and O–H groups in total. The van der Waals surface area contributed by atoms with Gasteiger partial charge in [0, 0.05) is 23.7 Å². The second-order valence-corrected chi connectivity index (χ2v) is 7.64. The van der Waals surface area contributed by atoms with Gasteiger partial charge in [-0.05, 0) is 38.0 Å². The summed E-state index contributed by atoms with van der Waals surface area (Å²) in [6.07, 6.45) is 1.68. The fourth-order valence-corrected chi connectivity index (χ4v) is 3.36. The van der Waals surface area contributed by atoms with E-state index in [4.69, 9.17) is 0 Å². The minimum atomic E-state index is -3.58. The Morgan fingerprint density at radius 3 is 2.55 bits per heavy atom. The van der Waals surface area contributed by atoms with Crippen LogP contribution in [0.5, 0.6) is 0 Å². The van der Waals surface area contributed by atoms with Crippen LogP contribution >= 0.6 is 0 Å². The van der Waals surface area contributed by atoms with Crippen LogP contribution in [0.3, 0.4) is 0 Å². The molecule has 1 aliphatic carbocycles. The summed E-state index contributed by atoms with van der Waals surface area (Å²) >= 11 is 0. The second kappa shape index (κ2) is 5.42. The summed E-state index contributed by atoms with van der Waals surface area (Å²) in [5.41, 5.74) is 0.0337. The SMILES string of the molecule is CC(C)NCc1cc(S(=O)(=O)NC2(C)CC2)ccc1F. The lowest BCUT2D eigenvalue weighted by molar-refractivity contribution is 0.547. The van der Waals surface area contributed by atoms with E-state index in [-0.39, 0.29) is 16.5 Å². The minimum absolute atomic E-state index is 0.118. The van der Waals surface area contributed by atoms with Crippen molar-refractivity contribution in [3.8, 4) is 0 Å². The van der Waals surface area contributed by atoms with Crippen LogP contribution in [0.4, 0.5) is 4.39 Å². The summed E-state index contributed by atoms with van der Waals surface area (Å²) in [6, 6.07) is 4.13. The van der Waals surface area contributed by atoms with Crippen LogP contribution < -0.4 is 10.0 Å². The molecule has 0 spiro atoms. The van der Waals surface area contributed by atoms with Crippen LogP contribution in [0, 0.1) is 5.82 Å². The average molecular weight is 300 g/mol. The quantitative estimate of drug-likeness (QED) is 0.846. The highest BCUT2D eigenvalue weighted by atomic mass is 32.2. The minimum Gasteiger partial charge on any atom is -0.310 e.